The largest absolute Gasteiger partial charge is 0.345 e. The maximum atomic E-state index is 5.33. The Kier molecular flexibility index (Phi) is 12.7. The highest BCUT2D eigenvalue weighted by molar-refractivity contribution is 7.81. The molecular weight excluding hydrogens is 723 g/mol. The number of rotatable bonds is 14. The van der Waals surface area contributed by atoms with Crippen molar-refractivity contribution in [1.29, 1.82) is 0 Å². The van der Waals surface area contributed by atoms with Crippen LogP contribution in [-0.4, -0.2) is 35.1 Å². The summed E-state index contributed by atoms with van der Waals surface area (Å²) in [5, 5.41) is 0.165. The summed E-state index contributed by atoms with van der Waals surface area (Å²) < 4.78 is 0. The zero-order valence-electron chi connectivity index (χ0n) is 35.7. The molecule has 5 aliphatic carbocycles. The number of allylic oxidation sites excluding steroid dienone is 17. The van der Waals surface area contributed by atoms with Crippen LogP contribution in [0.4, 0.5) is 5.69 Å². The van der Waals surface area contributed by atoms with E-state index in [-0.39, 0.29) is 22.9 Å². The van der Waals surface area contributed by atoms with Crippen LogP contribution in [0.2, 0.25) is 0 Å². The van der Waals surface area contributed by atoms with Gasteiger partial charge in [0.05, 0.1) is 11.7 Å². The Morgan fingerprint density at radius 1 is 0.983 bits per heavy atom. The van der Waals surface area contributed by atoms with E-state index in [1.807, 2.05) is 6.21 Å². The van der Waals surface area contributed by atoms with Crippen molar-refractivity contribution >= 4 is 24.5 Å². The highest BCUT2D eigenvalue weighted by Gasteiger charge is 2.50. The predicted molar refractivity (Wildman–Crippen MR) is 252 cm³/mol. The van der Waals surface area contributed by atoms with Gasteiger partial charge in [-0.15, -0.1) is 0 Å². The molecule has 0 radical (unpaired) electrons. The Morgan fingerprint density at radius 3 is 2.52 bits per heavy atom. The number of thiol groups is 1. The SMILES string of the molecule is C/C=C(\C(C)CC1N(CC2=C[C@@](C)([C@H]3C=CC=CC3C3C=CC=N3)C2C)C2=C(CCC=C2)N1c1ccc(C2C=CCCC2)cc1)[C@H](C(S)/C=C\CC)[C@@H]1C=CC=CC1. The van der Waals surface area contributed by atoms with Crippen LogP contribution in [-0.2, 0) is 0 Å². The van der Waals surface area contributed by atoms with Gasteiger partial charge >= 0.3 is 0 Å². The van der Waals surface area contributed by atoms with E-state index in [1.165, 1.54) is 41.9 Å². The van der Waals surface area contributed by atoms with Gasteiger partial charge in [0.1, 0.15) is 6.17 Å². The van der Waals surface area contributed by atoms with Gasteiger partial charge in [-0.2, -0.15) is 12.6 Å². The number of hydrogen-bond acceptors (Lipinski definition) is 4. The van der Waals surface area contributed by atoms with Crippen LogP contribution < -0.4 is 4.90 Å². The molecular formula is C54H67N3S. The fourth-order valence-corrected chi connectivity index (χ4v) is 12.0. The maximum Gasteiger partial charge on any atom is 0.107 e. The van der Waals surface area contributed by atoms with E-state index in [0.29, 0.717) is 41.4 Å². The first-order valence-electron chi connectivity index (χ1n) is 22.6. The van der Waals surface area contributed by atoms with Gasteiger partial charge in [-0.3, -0.25) is 4.99 Å². The molecule has 7 aliphatic rings. The molecule has 1 aromatic carbocycles. The lowest BCUT2D eigenvalue weighted by Crippen LogP contribution is -2.49. The van der Waals surface area contributed by atoms with Crippen LogP contribution in [0.15, 0.2) is 161 Å². The fraction of sp³-hybridized carbons (Fsp3) is 0.463. The molecule has 2 heterocycles. The van der Waals surface area contributed by atoms with Crippen LogP contribution in [0, 0.1) is 40.9 Å². The third-order valence-corrected chi connectivity index (χ3v) is 15.3. The standard InChI is InChI=1S/C54H67N3S/c1-6-8-29-51(58)53(42-22-13-10-14-23-42)45(7-2)38(3)35-52-56(37-43-36-54(5,39(43)4)47-25-16-15-24-46(47)48-26-19-34-55-48)49-27-17-18-28-50(49)57(52)44-32-30-41(31-33-44)40-20-11-9-12-21-40/h7-8,10-11,13-17,19-20,22,24-27,29-34,36,38-40,42,46-48,51-53,58H,6,9,12,18,21,23,28,35,37H2,1-5H3/b29-8-,45-7+/t38?,39?,40?,42-,46?,47+,48?,51?,52?,53-,54-/m1/s1. The average Bonchev–Trinajstić information content (AvgIpc) is 3.92. The molecule has 1 aromatic rings. The van der Waals surface area contributed by atoms with E-state index in [4.69, 9.17) is 17.6 Å². The Labute approximate surface area is 356 Å². The van der Waals surface area contributed by atoms with Crippen molar-refractivity contribution in [3.05, 3.63) is 162 Å². The second-order valence-corrected chi connectivity index (χ2v) is 18.7. The summed E-state index contributed by atoms with van der Waals surface area (Å²) in [6, 6.07) is 9.95. The first kappa shape index (κ1) is 40.7. The van der Waals surface area contributed by atoms with Gasteiger partial charge in [0, 0.05) is 47.1 Å². The van der Waals surface area contributed by atoms with Gasteiger partial charge in [0.2, 0.25) is 0 Å². The van der Waals surface area contributed by atoms with E-state index < -0.39 is 0 Å². The van der Waals surface area contributed by atoms with Crippen LogP contribution in [0.25, 0.3) is 0 Å². The van der Waals surface area contributed by atoms with Crippen molar-refractivity contribution in [1.82, 2.24) is 4.90 Å². The maximum absolute atomic E-state index is 5.33. The van der Waals surface area contributed by atoms with Crippen molar-refractivity contribution in [2.75, 3.05) is 11.4 Å². The zero-order chi connectivity index (χ0) is 40.2. The van der Waals surface area contributed by atoms with Crippen molar-refractivity contribution in [3.63, 3.8) is 0 Å². The normalized spacial score (nSPS) is 33.0. The van der Waals surface area contributed by atoms with Crippen LogP contribution in [0.5, 0.6) is 0 Å². The second kappa shape index (κ2) is 18.1. The van der Waals surface area contributed by atoms with Crippen molar-refractivity contribution in [2.45, 2.75) is 109 Å². The minimum absolute atomic E-state index is 0.0826. The molecule has 4 heteroatoms. The molecule has 0 N–H and O–H groups in total. The molecule has 0 bridgehead atoms. The summed E-state index contributed by atoms with van der Waals surface area (Å²) in [6.07, 6.45) is 53.7. The molecule has 8 rings (SSSR count). The molecule has 58 heavy (non-hydrogen) atoms. The lowest BCUT2D eigenvalue weighted by atomic mass is 9.53. The van der Waals surface area contributed by atoms with Gasteiger partial charge in [-0.25, -0.2) is 0 Å². The highest BCUT2D eigenvalue weighted by atomic mass is 32.1. The fourth-order valence-electron chi connectivity index (χ4n) is 11.4. The quantitative estimate of drug-likeness (QED) is 0.150. The number of benzene rings is 1. The summed E-state index contributed by atoms with van der Waals surface area (Å²) in [7, 11) is 0. The number of anilines is 1. The molecule has 0 amide bonds. The molecule has 304 valence electrons. The molecule has 2 aliphatic heterocycles. The van der Waals surface area contributed by atoms with Crippen molar-refractivity contribution < 1.29 is 0 Å². The first-order valence-corrected chi connectivity index (χ1v) is 23.2. The number of hydrogen-bond donors (Lipinski definition) is 1. The second-order valence-electron chi connectivity index (χ2n) is 18.2. The monoisotopic (exact) mass is 790 g/mol. The van der Waals surface area contributed by atoms with E-state index >= 15 is 0 Å². The Hall–Kier alpha value is -4.02. The van der Waals surface area contributed by atoms with Crippen LogP contribution in [0.1, 0.15) is 97.5 Å². The summed E-state index contributed by atoms with van der Waals surface area (Å²) in [4.78, 5) is 10.4. The van der Waals surface area contributed by atoms with Crippen LogP contribution in [0.3, 0.4) is 0 Å². The molecule has 3 nitrogen and oxygen atoms in total. The average molecular weight is 790 g/mol. The molecule has 0 spiro atoms. The molecule has 7 unspecified atom stereocenters. The van der Waals surface area contributed by atoms with Crippen LogP contribution >= 0.6 is 12.6 Å². The van der Waals surface area contributed by atoms with E-state index in [9.17, 15) is 0 Å². The smallest absolute Gasteiger partial charge is 0.107 e. The zero-order valence-corrected chi connectivity index (χ0v) is 36.6. The molecule has 0 aromatic heterocycles. The van der Waals surface area contributed by atoms with Gasteiger partial charge in [0.25, 0.3) is 0 Å². The summed E-state index contributed by atoms with van der Waals surface area (Å²) in [5.41, 5.74) is 8.88. The van der Waals surface area contributed by atoms with E-state index in [1.54, 1.807) is 11.1 Å². The van der Waals surface area contributed by atoms with E-state index in [2.05, 4.69) is 178 Å². The number of nitrogens with zero attached hydrogens (tertiary/aromatic N) is 3. The number of aliphatic imine (C=N–C) groups is 1. The van der Waals surface area contributed by atoms with E-state index in [0.717, 1.165) is 38.6 Å². The first-order chi connectivity index (χ1) is 28.3. The van der Waals surface area contributed by atoms with Crippen molar-refractivity contribution in [3.8, 4) is 0 Å². The van der Waals surface area contributed by atoms with Gasteiger partial charge < -0.3 is 9.80 Å². The van der Waals surface area contributed by atoms with Crippen molar-refractivity contribution in [2.24, 2.45) is 45.9 Å². The van der Waals surface area contributed by atoms with Gasteiger partial charge in [-0.1, -0.05) is 148 Å². The summed E-state index contributed by atoms with van der Waals surface area (Å²) >= 11 is 5.33. The predicted octanol–water partition coefficient (Wildman–Crippen LogP) is 13.5. The summed E-state index contributed by atoms with van der Waals surface area (Å²) in [6.45, 7) is 13.0. The molecule has 0 saturated heterocycles. The third-order valence-electron chi connectivity index (χ3n) is 14.8. The highest BCUT2D eigenvalue weighted by Crippen LogP contribution is 2.56. The Balaban J connectivity index is 1.14. The Bertz CT molecular complexity index is 2000. The van der Waals surface area contributed by atoms with Gasteiger partial charge in [0.15, 0.2) is 0 Å². The third kappa shape index (κ3) is 8.00. The topological polar surface area (TPSA) is 18.8 Å². The Morgan fingerprint density at radius 2 is 1.81 bits per heavy atom. The lowest BCUT2D eigenvalue weighted by Gasteiger charge is -2.52. The lowest BCUT2D eigenvalue weighted by molar-refractivity contribution is 0.131. The summed E-state index contributed by atoms with van der Waals surface area (Å²) in [5.74, 6) is 2.93. The minimum atomic E-state index is 0.0826. The minimum Gasteiger partial charge on any atom is -0.345 e. The molecule has 0 saturated carbocycles. The molecule has 11 atom stereocenters. The van der Waals surface area contributed by atoms with Gasteiger partial charge in [-0.05, 0) is 117 Å². The molecule has 0 fully saturated rings.